The number of quaternary nitrogens is 1. The minimum Gasteiger partial charge on any atom is -0.457 e. The molecule has 0 aliphatic rings. The molecule has 0 bridgehead atoms. The molecule has 0 fully saturated rings. The van der Waals surface area contributed by atoms with Crippen molar-refractivity contribution in [3.8, 4) is 0 Å². The predicted molar refractivity (Wildman–Crippen MR) is 173 cm³/mol. The van der Waals surface area contributed by atoms with Crippen LogP contribution in [0.3, 0.4) is 0 Å². The molecule has 2 atom stereocenters. The Bertz CT molecular complexity index is 818. The van der Waals surface area contributed by atoms with E-state index in [1.54, 1.807) is 0 Å². The number of likely N-dealkylation sites (N-methyl/N-ethyl adjacent to an activating group) is 1. The van der Waals surface area contributed by atoms with Crippen LogP contribution in [0.15, 0.2) is 48.6 Å². The molecule has 0 aromatic rings. The van der Waals surface area contributed by atoms with E-state index >= 15 is 0 Å². The number of rotatable bonds is 28. The van der Waals surface area contributed by atoms with Gasteiger partial charge in [-0.15, -0.1) is 0 Å². The molecule has 0 aliphatic carbocycles. The van der Waals surface area contributed by atoms with Gasteiger partial charge in [-0.3, -0.25) is 13.8 Å². The van der Waals surface area contributed by atoms with Crippen molar-refractivity contribution in [1.29, 1.82) is 0 Å². The molecule has 0 rings (SSSR count). The summed E-state index contributed by atoms with van der Waals surface area (Å²) in [5, 5.41) is 0. The zero-order chi connectivity index (χ0) is 31.4. The fourth-order valence-electron chi connectivity index (χ4n) is 3.66. The summed E-state index contributed by atoms with van der Waals surface area (Å²) in [6, 6.07) is 0. The van der Waals surface area contributed by atoms with Crippen LogP contribution < -0.4 is 0 Å². The fraction of sp³-hybridized carbons (Fsp3) is 0.727. The normalized spacial score (nSPS) is 14.9. The molecule has 0 saturated heterocycles. The van der Waals surface area contributed by atoms with Crippen molar-refractivity contribution in [2.24, 2.45) is 0 Å². The van der Waals surface area contributed by atoms with E-state index in [1.807, 2.05) is 21.1 Å². The molecule has 1 N–H and O–H groups in total. The van der Waals surface area contributed by atoms with E-state index in [4.69, 9.17) is 18.5 Å². The molecule has 0 radical (unpaired) electrons. The van der Waals surface area contributed by atoms with Crippen molar-refractivity contribution in [1.82, 2.24) is 0 Å². The smallest absolute Gasteiger partial charge is 0.457 e. The second kappa shape index (κ2) is 27.0. The van der Waals surface area contributed by atoms with E-state index in [1.165, 1.54) is 0 Å². The van der Waals surface area contributed by atoms with E-state index in [2.05, 4.69) is 62.5 Å². The number of hydrogen-bond donors (Lipinski definition) is 1. The van der Waals surface area contributed by atoms with Gasteiger partial charge in [0.25, 0.3) is 0 Å². The topological polar surface area (TPSA) is 91.3 Å². The minimum absolute atomic E-state index is 0.0799. The number of esters is 1. The highest BCUT2D eigenvalue weighted by atomic mass is 31.2. The molecule has 2 unspecified atom stereocenters. The lowest BCUT2D eigenvalue weighted by atomic mass is 10.1. The molecule has 0 amide bonds. The first-order valence-corrected chi connectivity index (χ1v) is 17.4. The average Bonchev–Trinajstić information content (AvgIpc) is 2.92. The van der Waals surface area contributed by atoms with E-state index in [0.717, 1.165) is 77.0 Å². The van der Waals surface area contributed by atoms with Crippen molar-refractivity contribution < 1.29 is 37.3 Å². The Morgan fingerprint density at radius 3 is 2.00 bits per heavy atom. The fourth-order valence-corrected chi connectivity index (χ4v) is 4.40. The van der Waals surface area contributed by atoms with Crippen molar-refractivity contribution in [2.75, 3.05) is 54.1 Å². The van der Waals surface area contributed by atoms with Crippen molar-refractivity contribution in [3.63, 3.8) is 0 Å². The number of unbranched alkanes of at least 4 members (excludes halogenated alkanes) is 6. The van der Waals surface area contributed by atoms with Crippen LogP contribution in [0.4, 0.5) is 0 Å². The molecule has 0 aromatic carbocycles. The summed E-state index contributed by atoms with van der Waals surface area (Å²) in [4.78, 5) is 22.3. The Balaban J connectivity index is 4.27. The Morgan fingerprint density at radius 1 is 0.762 bits per heavy atom. The number of phosphoric acid groups is 1. The second-order valence-corrected chi connectivity index (χ2v) is 12.9. The van der Waals surface area contributed by atoms with Gasteiger partial charge in [0.05, 0.1) is 34.4 Å². The first-order valence-electron chi connectivity index (χ1n) is 15.9. The summed E-state index contributed by atoms with van der Waals surface area (Å²) in [6.07, 6.45) is 29.1. The van der Waals surface area contributed by atoms with E-state index in [9.17, 15) is 14.3 Å². The van der Waals surface area contributed by atoms with Gasteiger partial charge in [0, 0.05) is 13.0 Å². The van der Waals surface area contributed by atoms with Crippen LogP contribution in [0.2, 0.25) is 0 Å². The molecule has 9 heteroatoms. The Kier molecular flexibility index (Phi) is 26.0. The van der Waals surface area contributed by atoms with Gasteiger partial charge in [-0.2, -0.15) is 0 Å². The van der Waals surface area contributed by atoms with Gasteiger partial charge in [0.1, 0.15) is 19.3 Å². The first-order chi connectivity index (χ1) is 20.1. The Hall–Kier alpha value is -1.54. The third-order valence-electron chi connectivity index (χ3n) is 6.15. The molecular formula is C33H61NO7P+. The molecule has 0 aromatic heterocycles. The molecule has 42 heavy (non-hydrogen) atoms. The van der Waals surface area contributed by atoms with Crippen LogP contribution >= 0.6 is 7.82 Å². The lowest BCUT2D eigenvalue weighted by Gasteiger charge is -2.24. The minimum atomic E-state index is -4.26. The van der Waals surface area contributed by atoms with Crippen LogP contribution in [0, 0.1) is 0 Å². The van der Waals surface area contributed by atoms with E-state index in [0.29, 0.717) is 24.1 Å². The van der Waals surface area contributed by atoms with Gasteiger partial charge >= 0.3 is 13.8 Å². The number of nitrogens with zero attached hydrogens (tertiary/aromatic N) is 1. The number of allylic oxidation sites excluding steroid dienone is 8. The van der Waals surface area contributed by atoms with Gasteiger partial charge in [0.2, 0.25) is 0 Å². The summed E-state index contributed by atoms with van der Waals surface area (Å²) >= 11 is 0. The van der Waals surface area contributed by atoms with E-state index in [-0.39, 0.29) is 25.8 Å². The summed E-state index contributed by atoms with van der Waals surface area (Å²) in [5.41, 5.74) is 0. The number of hydrogen-bond acceptors (Lipinski definition) is 6. The highest BCUT2D eigenvalue weighted by Gasteiger charge is 2.26. The van der Waals surface area contributed by atoms with Crippen molar-refractivity contribution in [2.45, 2.75) is 103 Å². The first kappa shape index (κ1) is 40.5. The standard InChI is InChI=1S/C33H60NO7P/c1-6-8-10-12-13-14-15-16-17-18-19-20-21-22-23-25-28-38-30-32(41-33(35)26-24-11-9-7-2)31-40-42(36,37)39-29-27-34(3,4)5/h8,10,13-14,16-17,19-20,32H,6-7,9,11-12,15,18,21-31H2,1-5H3/p+1/b10-8-,14-13-,17-16-,20-19-. The second-order valence-electron chi connectivity index (χ2n) is 11.5. The van der Waals surface area contributed by atoms with Crippen LogP contribution in [-0.4, -0.2) is 75.6 Å². The SMILES string of the molecule is CC/C=C\C/C=C\C/C=C\C/C=C\CCCCCOCC(COP(=O)(O)OCC[N+](C)(C)C)OC(=O)CCCCCC. The average molecular weight is 615 g/mol. The highest BCUT2D eigenvalue weighted by molar-refractivity contribution is 7.47. The Labute approximate surface area is 257 Å². The largest absolute Gasteiger partial charge is 0.472 e. The number of phosphoric ester groups is 1. The monoisotopic (exact) mass is 614 g/mol. The number of carbonyl (C=O) groups is 1. The quantitative estimate of drug-likeness (QED) is 0.0313. The Morgan fingerprint density at radius 2 is 1.38 bits per heavy atom. The van der Waals surface area contributed by atoms with Crippen molar-refractivity contribution >= 4 is 13.8 Å². The van der Waals surface area contributed by atoms with Crippen LogP contribution in [0.5, 0.6) is 0 Å². The van der Waals surface area contributed by atoms with Crippen LogP contribution in [-0.2, 0) is 27.9 Å². The summed E-state index contributed by atoms with van der Waals surface area (Å²) in [5.74, 6) is -0.347. The molecule has 0 heterocycles. The summed E-state index contributed by atoms with van der Waals surface area (Å²) in [6.45, 7) is 5.26. The third-order valence-corrected chi connectivity index (χ3v) is 7.14. The molecule has 0 saturated carbocycles. The zero-order valence-electron chi connectivity index (χ0n) is 27.2. The molecule has 0 aliphatic heterocycles. The predicted octanol–water partition coefficient (Wildman–Crippen LogP) is 8.09. The van der Waals surface area contributed by atoms with Gasteiger partial charge < -0.3 is 18.9 Å². The van der Waals surface area contributed by atoms with Crippen LogP contribution in [0.1, 0.15) is 97.3 Å². The van der Waals surface area contributed by atoms with Crippen LogP contribution in [0.25, 0.3) is 0 Å². The van der Waals surface area contributed by atoms with Crippen molar-refractivity contribution in [3.05, 3.63) is 48.6 Å². The molecular weight excluding hydrogens is 553 g/mol. The maximum Gasteiger partial charge on any atom is 0.472 e. The molecule has 8 nitrogen and oxygen atoms in total. The number of ether oxygens (including phenoxy) is 2. The van der Waals surface area contributed by atoms with Gasteiger partial charge in [-0.25, -0.2) is 4.57 Å². The van der Waals surface area contributed by atoms with E-state index < -0.39 is 13.9 Å². The molecule has 0 spiro atoms. The lowest BCUT2D eigenvalue weighted by Crippen LogP contribution is -2.37. The number of carbonyl (C=O) groups excluding carboxylic acids is 1. The zero-order valence-corrected chi connectivity index (χ0v) is 28.1. The summed E-state index contributed by atoms with van der Waals surface area (Å²) in [7, 11) is 1.63. The van der Waals surface area contributed by atoms with Gasteiger partial charge in [-0.1, -0.05) is 88.1 Å². The summed E-state index contributed by atoms with van der Waals surface area (Å²) < 4.78 is 34.4. The lowest BCUT2D eigenvalue weighted by molar-refractivity contribution is -0.870. The van der Waals surface area contributed by atoms with Gasteiger partial charge in [-0.05, 0) is 51.4 Å². The highest BCUT2D eigenvalue weighted by Crippen LogP contribution is 2.43. The maximum atomic E-state index is 12.3. The maximum absolute atomic E-state index is 12.3. The van der Waals surface area contributed by atoms with Gasteiger partial charge in [0.15, 0.2) is 0 Å². The molecule has 244 valence electrons. The third kappa shape index (κ3) is 29.9.